The number of anilines is 1. The standard InChI is InChI=1S/C27H39N5O.HI/c1-4-9-26(33)30-24-14-12-22(13-15-24)19-29-27(28-5-2)31-25-16-17-32(21(3)18-25)20-23-10-7-6-8-11-23;/h6-8,10-15,21,25H,4-5,9,16-20H2,1-3H3,(H,30,33)(H2,28,29,31);1H. The van der Waals surface area contributed by atoms with E-state index in [-0.39, 0.29) is 29.9 Å². The number of piperidine rings is 1. The second-order valence-corrected chi connectivity index (χ2v) is 8.86. The minimum absolute atomic E-state index is 0. The largest absolute Gasteiger partial charge is 0.357 e. The van der Waals surface area contributed by atoms with Crippen LogP contribution in [0.25, 0.3) is 0 Å². The third-order valence-electron chi connectivity index (χ3n) is 6.06. The topological polar surface area (TPSA) is 68.8 Å². The quantitative estimate of drug-likeness (QED) is 0.219. The molecule has 2 unspecified atom stereocenters. The number of hydrogen-bond acceptors (Lipinski definition) is 3. The summed E-state index contributed by atoms with van der Waals surface area (Å²) in [6, 6.07) is 19.6. The average molecular weight is 578 g/mol. The fraction of sp³-hybridized carbons (Fsp3) is 0.481. The van der Waals surface area contributed by atoms with Crippen molar-refractivity contribution in [3.8, 4) is 0 Å². The van der Waals surface area contributed by atoms with E-state index in [1.807, 2.05) is 31.2 Å². The number of benzene rings is 2. The van der Waals surface area contributed by atoms with Gasteiger partial charge in [-0.3, -0.25) is 9.69 Å². The molecule has 1 heterocycles. The molecule has 2 aromatic carbocycles. The Labute approximate surface area is 222 Å². The van der Waals surface area contributed by atoms with E-state index in [2.05, 4.69) is 65.0 Å². The Morgan fingerprint density at radius 2 is 1.79 bits per heavy atom. The van der Waals surface area contributed by atoms with Gasteiger partial charge in [0.2, 0.25) is 5.91 Å². The molecule has 0 radical (unpaired) electrons. The van der Waals surface area contributed by atoms with E-state index in [1.54, 1.807) is 0 Å². The van der Waals surface area contributed by atoms with Gasteiger partial charge in [-0.05, 0) is 56.4 Å². The Bertz CT molecular complexity index is 888. The first-order chi connectivity index (χ1) is 16.1. The first-order valence-corrected chi connectivity index (χ1v) is 12.3. The van der Waals surface area contributed by atoms with E-state index in [0.717, 1.165) is 56.1 Å². The number of carbonyl (C=O) groups is 1. The number of aliphatic imine (C=N–C) groups is 1. The molecule has 3 rings (SSSR count). The molecular formula is C27H40IN5O. The van der Waals surface area contributed by atoms with Crippen LogP contribution >= 0.6 is 24.0 Å². The molecule has 1 amide bonds. The lowest BCUT2D eigenvalue weighted by atomic mass is 9.97. The molecule has 34 heavy (non-hydrogen) atoms. The molecule has 0 bridgehead atoms. The molecule has 1 fully saturated rings. The number of carbonyl (C=O) groups excluding carboxylic acids is 1. The molecule has 2 atom stereocenters. The van der Waals surface area contributed by atoms with Gasteiger partial charge < -0.3 is 16.0 Å². The molecule has 2 aromatic rings. The third-order valence-corrected chi connectivity index (χ3v) is 6.06. The van der Waals surface area contributed by atoms with E-state index in [9.17, 15) is 4.79 Å². The minimum atomic E-state index is 0. The first-order valence-electron chi connectivity index (χ1n) is 12.3. The zero-order chi connectivity index (χ0) is 23.5. The van der Waals surface area contributed by atoms with Crippen LogP contribution < -0.4 is 16.0 Å². The van der Waals surface area contributed by atoms with Crippen LogP contribution in [0, 0.1) is 0 Å². The van der Waals surface area contributed by atoms with Crippen LogP contribution in [0.5, 0.6) is 0 Å². The van der Waals surface area contributed by atoms with E-state index < -0.39 is 0 Å². The summed E-state index contributed by atoms with van der Waals surface area (Å²) in [6.45, 7) is 9.94. The Kier molecular flexibility index (Phi) is 12.4. The van der Waals surface area contributed by atoms with Crippen molar-refractivity contribution >= 4 is 41.5 Å². The van der Waals surface area contributed by atoms with Gasteiger partial charge in [-0.1, -0.05) is 49.4 Å². The lowest BCUT2D eigenvalue weighted by molar-refractivity contribution is -0.116. The van der Waals surface area contributed by atoms with E-state index >= 15 is 0 Å². The highest BCUT2D eigenvalue weighted by atomic mass is 127. The van der Waals surface area contributed by atoms with Gasteiger partial charge in [0.1, 0.15) is 0 Å². The van der Waals surface area contributed by atoms with Crippen molar-refractivity contribution in [1.82, 2.24) is 15.5 Å². The third kappa shape index (κ3) is 9.25. The fourth-order valence-corrected chi connectivity index (χ4v) is 4.23. The van der Waals surface area contributed by atoms with Crippen molar-refractivity contribution in [3.63, 3.8) is 0 Å². The predicted octanol–water partition coefficient (Wildman–Crippen LogP) is 5.15. The van der Waals surface area contributed by atoms with Crippen molar-refractivity contribution in [2.75, 3.05) is 18.4 Å². The number of likely N-dealkylation sites (tertiary alicyclic amines) is 1. The second kappa shape index (κ2) is 15.0. The number of nitrogens with zero attached hydrogens (tertiary/aromatic N) is 2. The number of amides is 1. The van der Waals surface area contributed by atoms with Crippen LogP contribution in [0.3, 0.4) is 0 Å². The molecule has 1 aliphatic heterocycles. The summed E-state index contributed by atoms with van der Waals surface area (Å²) in [6.07, 6.45) is 3.61. The van der Waals surface area contributed by atoms with Crippen LogP contribution in [-0.2, 0) is 17.9 Å². The lowest BCUT2D eigenvalue weighted by Gasteiger charge is -2.38. The molecule has 1 saturated heterocycles. The normalized spacial score (nSPS) is 18.6. The van der Waals surface area contributed by atoms with Gasteiger partial charge in [0, 0.05) is 43.8 Å². The van der Waals surface area contributed by atoms with Gasteiger partial charge in [0.25, 0.3) is 0 Å². The maximum absolute atomic E-state index is 11.8. The molecule has 0 saturated carbocycles. The molecule has 0 aromatic heterocycles. The van der Waals surface area contributed by atoms with Gasteiger partial charge in [-0.2, -0.15) is 0 Å². The maximum atomic E-state index is 11.8. The second-order valence-electron chi connectivity index (χ2n) is 8.86. The highest BCUT2D eigenvalue weighted by Gasteiger charge is 2.25. The molecular weight excluding hydrogens is 537 g/mol. The van der Waals surface area contributed by atoms with Gasteiger partial charge in [-0.25, -0.2) is 4.99 Å². The zero-order valence-corrected chi connectivity index (χ0v) is 23.0. The molecule has 6 nitrogen and oxygen atoms in total. The summed E-state index contributed by atoms with van der Waals surface area (Å²) < 4.78 is 0. The Hall–Kier alpha value is -2.13. The number of nitrogens with one attached hydrogen (secondary N) is 3. The molecule has 0 aliphatic carbocycles. The predicted molar refractivity (Wildman–Crippen MR) is 153 cm³/mol. The lowest BCUT2D eigenvalue weighted by Crippen LogP contribution is -2.51. The van der Waals surface area contributed by atoms with Gasteiger partial charge in [0.15, 0.2) is 5.96 Å². The highest BCUT2D eigenvalue weighted by Crippen LogP contribution is 2.20. The summed E-state index contributed by atoms with van der Waals surface area (Å²) in [4.78, 5) is 19.1. The smallest absolute Gasteiger partial charge is 0.224 e. The monoisotopic (exact) mass is 577 g/mol. The summed E-state index contributed by atoms with van der Waals surface area (Å²) in [5, 5.41) is 9.96. The van der Waals surface area contributed by atoms with Crippen LogP contribution in [0.1, 0.15) is 57.6 Å². The Balaban J connectivity index is 0.00000408. The van der Waals surface area contributed by atoms with Crippen molar-refractivity contribution in [1.29, 1.82) is 0 Å². The number of halogens is 1. The SMILES string of the molecule is CCCC(=O)Nc1ccc(CN=C(NCC)NC2CCN(Cc3ccccc3)C(C)C2)cc1.I. The zero-order valence-electron chi connectivity index (χ0n) is 20.7. The molecule has 7 heteroatoms. The van der Waals surface area contributed by atoms with Gasteiger partial charge in [0.05, 0.1) is 6.54 Å². The van der Waals surface area contributed by atoms with Crippen LogP contribution in [0.2, 0.25) is 0 Å². The summed E-state index contributed by atoms with van der Waals surface area (Å²) >= 11 is 0. The highest BCUT2D eigenvalue weighted by molar-refractivity contribution is 14.0. The molecule has 1 aliphatic rings. The minimum Gasteiger partial charge on any atom is -0.357 e. The molecule has 0 spiro atoms. The van der Waals surface area contributed by atoms with E-state index in [0.29, 0.717) is 25.0 Å². The first kappa shape index (κ1) is 28.1. The van der Waals surface area contributed by atoms with E-state index in [4.69, 9.17) is 4.99 Å². The number of hydrogen-bond donors (Lipinski definition) is 3. The maximum Gasteiger partial charge on any atom is 0.224 e. The molecule has 186 valence electrons. The summed E-state index contributed by atoms with van der Waals surface area (Å²) in [5.41, 5.74) is 3.33. The Morgan fingerprint density at radius 1 is 1.06 bits per heavy atom. The number of rotatable bonds is 9. The van der Waals surface area contributed by atoms with Crippen molar-refractivity contribution in [2.24, 2.45) is 4.99 Å². The van der Waals surface area contributed by atoms with Gasteiger partial charge >= 0.3 is 0 Å². The van der Waals surface area contributed by atoms with Crippen LogP contribution in [0.4, 0.5) is 5.69 Å². The number of guanidine groups is 1. The van der Waals surface area contributed by atoms with Crippen molar-refractivity contribution < 1.29 is 4.79 Å². The summed E-state index contributed by atoms with van der Waals surface area (Å²) in [5.74, 6) is 0.928. The van der Waals surface area contributed by atoms with E-state index in [1.165, 1.54) is 5.56 Å². The fourth-order valence-electron chi connectivity index (χ4n) is 4.23. The average Bonchev–Trinajstić information content (AvgIpc) is 2.81. The molecule has 3 N–H and O–H groups in total. The Morgan fingerprint density at radius 3 is 2.44 bits per heavy atom. The van der Waals surface area contributed by atoms with Crippen LogP contribution in [-0.4, -0.2) is 41.9 Å². The summed E-state index contributed by atoms with van der Waals surface area (Å²) in [7, 11) is 0. The van der Waals surface area contributed by atoms with Crippen molar-refractivity contribution in [2.45, 2.75) is 71.6 Å². The van der Waals surface area contributed by atoms with Crippen LogP contribution in [0.15, 0.2) is 59.6 Å². The van der Waals surface area contributed by atoms with Gasteiger partial charge in [-0.15, -0.1) is 24.0 Å². The van der Waals surface area contributed by atoms with Crippen molar-refractivity contribution in [3.05, 3.63) is 65.7 Å².